The first-order chi connectivity index (χ1) is 7.63. The molecule has 0 aromatic carbocycles. The van der Waals surface area contributed by atoms with E-state index in [2.05, 4.69) is 32.6 Å². The molecule has 0 fully saturated rings. The zero-order valence-corrected chi connectivity index (χ0v) is 10.6. The third kappa shape index (κ3) is 4.36. The van der Waals surface area contributed by atoms with Crippen molar-refractivity contribution in [2.24, 2.45) is 5.92 Å². The van der Waals surface area contributed by atoms with Crippen molar-refractivity contribution >= 4 is 0 Å². The quantitative estimate of drug-likeness (QED) is 0.697. The molecule has 0 aromatic heterocycles. The van der Waals surface area contributed by atoms with Crippen LogP contribution in [0.15, 0.2) is 35.5 Å². The Morgan fingerprint density at radius 3 is 2.69 bits per heavy atom. The summed E-state index contributed by atoms with van der Waals surface area (Å²) < 4.78 is 0. The average Bonchev–Trinajstić information content (AvgIpc) is 2.28. The van der Waals surface area contributed by atoms with Gasteiger partial charge in [0, 0.05) is 0 Å². The molecule has 0 aliphatic heterocycles. The average molecular weight is 220 g/mol. The lowest BCUT2D eigenvalue weighted by Gasteiger charge is -2.18. The van der Waals surface area contributed by atoms with Gasteiger partial charge >= 0.3 is 0 Å². The van der Waals surface area contributed by atoms with E-state index in [1.807, 2.05) is 0 Å². The minimum atomic E-state index is 0.125. The third-order valence-corrected chi connectivity index (χ3v) is 3.45. The molecule has 1 atom stereocenters. The normalized spacial score (nSPS) is 29.8. The fourth-order valence-electron chi connectivity index (χ4n) is 2.11. The van der Waals surface area contributed by atoms with Crippen LogP contribution in [0.4, 0.5) is 0 Å². The van der Waals surface area contributed by atoms with Gasteiger partial charge < -0.3 is 5.11 Å². The highest BCUT2D eigenvalue weighted by Gasteiger charge is 2.11. The summed E-state index contributed by atoms with van der Waals surface area (Å²) in [5.74, 6) is 0.446. The number of rotatable bonds is 2. The van der Waals surface area contributed by atoms with Crippen molar-refractivity contribution in [1.29, 1.82) is 0 Å². The van der Waals surface area contributed by atoms with E-state index < -0.39 is 0 Å². The van der Waals surface area contributed by atoms with Gasteiger partial charge in [0.05, 0.1) is 6.61 Å². The standard InChI is InChI=1S/C15H24O/c1-12-5-4-6-13(2)8-10-15(9-7-12)14(3)11-16/h5,8,15-16H,3-4,6-7,9-11H2,1-2H3/b12-5+,13-8+/t15-/m1/s1. The van der Waals surface area contributed by atoms with E-state index in [9.17, 15) is 5.11 Å². The highest BCUT2D eigenvalue weighted by atomic mass is 16.3. The summed E-state index contributed by atoms with van der Waals surface area (Å²) in [4.78, 5) is 0. The molecule has 1 nitrogen and oxygen atoms in total. The van der Waals surface area contributed by atoms with Gasteiger partial charge in [-0.2, -0.15) is 0 Å². The Hall–Kier alpha value is -0.820. The van der Waals surface area contributed by atoms with Crippen molar-refractivity contribution in [3.05, 3.63) is 35.5 Å². The molecule has 0 heterocycles. The summed E-state index contributed by atoms with van der Waals surface area (Å²) in [5.41, 5.74) is 3.92. The maximum Gasteiger partial charge on any atom is 0.0641 e. The van der Waals surface area contributed by atoms with Gasteiger partial charge in [-0.25, -0.2) is 0 Å². The molecular formula is C15H24O. The maximum absolute atomic E-state index is 9.17. The van der Waals surface area contributed by atoms with E-state index in [1.165, 1.54) is 17.6 Å². The molecule has 1 N–H and O–H groups in total. The highest BCUT2D eigenvalue weighted by molar-refractivity contribution is 5.11. The molecule has 16 heavy (non-hydrogen) atoms. The molecule has 1 aliphatic carbocycles. The minimum absolute atomic E-state index is 0.125. The monoisotopic (exact) mass is 220 g/mol. The molecule has 0 saturated heterocycles. The van der Waals surface area contributed by atoms with Gasteiger partial charge in [-0.05, 0) is 57.4 Å². The van der Waals surface area contributed by atoms with Crippen molar-refractivity contribution < 1.29 is 5.11 Å². The molecule has 0 aromatic rings. The molecular weight excluding hydrogens is 196 g/mol. The Kier molecular flexibility index (Phi) is 5.54. The summed E-state index contributed by atoms with van der Waals surface area (Å²) in [6.07, 6.45) is 10.3. The van der Waals surface area contributed by atoms with Crippen LogP contribution in [0.5, 0.6) is 0 Å². The zero-order chi connectivity index (χ0) is 12.0. The second-order valence-electron chi connectivity index (χ2n) is 4.93. The minimum Gasteiger partial charge on any atom is -0.392 e. The number of aliphatic hydroxyl groups excluding tert-OH is 1. The molecule has 0 bridgehead atoms. The molecule has 1 rings (SSSR count). The van der Waals surface area contributed by atoms with Gasteiger partial charge in [-0.3, -0.25) is 0 Å². The molecule has 0 saturated carbocycles. The van der Waals surface area contributed by atoms with E-state index in [1.54, 1.807) is 0 Å². The Morgan fingerprint density at radius 1 is 1.31 bits per heavy atom. The lowest BCUT2D eigenvalue weighted by atomic mass is 9.88. The Bertz CT molecular complexity index is 297. The van der Waals surface area contributed by atoms with Crippen LogP contribution in [-0.4, -0.2) is 11.7 Å². The smallest absolute Gasteiger partial charge is 0.0641 e. The van der Waals surface area contributed by atoms with Crippen LogP contribution in [0, 0.1) is 5.92 Å². The summed E-state index contributed by atoms with van der Waals surface area (Å²) >= 11 is 0. The Balaban J connectivity index is 2.71. The predicted molar refractivity (Wildman–Crippen MR) is 70.3 cm³/mol. The van der Waals surface area contributed by atoms with Crippen molar-refractivity contribution in [1.82, 2.24) is 0 Å². The van der Waals surface area contributed by atoms with Gasteiger partial charge in [0.2, 0.25) is 0 Å². The topological polar surface area (TPSA) is 20.2 Å². The molecule has 1 aliphatic rings. The van der Waals surface area contributed by atoms with E-state index in [4.69, 9.17) is 0 Å². The third-order valence-electron chi connectivity index (χ3n) is 3.45. The molecule has 0 spiro atoms. The van der Waals surface area contributed by atoms with Crippen LogP contribution in [0.3, 0.4) is 0 Å². The van der Waals surface area contributed by atoms with Gasteiger partial charge in [-0.15, -0.1) is 0 Å². The second kappa shape index (κ2) is 6.70. The van der Waals surface area contributed by atoms with Gasteiger partial charge in [0.1, 0.15) is 0 Å². The van der Waals surface area contributed by atoms with Gasteiger partial charge in [-0.1, -0.05) is 29.9 Å². The highest BCUT2D eigenvalue weighted by Crippen LogP contribution is 2.25. The molecule has 0 radical (unpaired) electrons. The van der Waals surface area contributed by atoms with Crippen LogP contribution in [0.1, 0.15) is 46.0 Å². The molecule has 0 amide bonds. The van der Waals surface area contributed by atoms with Crippen molar-refractivity contribution in [3.8, 4) is 0 Å². The van der Waals surface area contributed by atoms with Crippen LogP contribution >= 0.6 is 0 Å². The summed E-state index contributed by atoms with van der Waals surface area (Å²) in [5, 5.41) is 9.17. The molecule has 1 heteroatoms. The van der Waals surface area contributed by atoms with E-state index >= 15 is 0 Å². The fraction of sp³-hybridized carbons (Fsp3) is 0.600. The summed E-state index contributed by atoms with van der Waals surface area (Å²) in [6.45, 7) is 8.51. The number of allylic oxidation sites excluding steroid dienone is 4. The van der Waals surface area contributed by atoms with Crippen LogP contribution < -0.4 is 0 Å². The zero-order valence-electron chi connectivity index (χ0n) is 10.6. The Labute approximate surface area is 99.6 Å². The first-order valence-electron chi connectivity index (χ1n) is 6.23. The summed E-state index contributed by atoms with van der Waals surface area (Å²) in [6, 6.07) is 0. The van der Waals surface area contributed by atoms with Crippen molar-refractivity contribution in [3.63, 3.8) is 0 Å². The van der Waals surface area contributed by atoms with E-state index in [0.717, 1.165) is 31.3 Å². The molecule has 0 unspecified atom stereocenters. The van der Waals surface area contributed by atoms with E-state index in [0.29, 0.717) is 5.92 Å². The molecule has 90 valence electrons. The number of hydrogen-bond acceptors (Lipinski definition) is 1. The second-order valence-corrected chi connectivity index (χ2v) is 4.93. The lowest BCUT2D eigenvalue weighted by molar-refractivity contribution is 0.311. The first-order valence-corrected chi connectivity index (χ1v) is 6.23. The van der Waals surface area contributed by atoms with Crippen molar-refractivity contribution in [2.75, 3.05) is 6.61 Å². The van der Waals surface area contributed by atoms with Crippen LogP contribution in [-0.2, 0) is 0 Å². The SMILES string of the molecule is C=C(CO)[C@H]1C/C=C(\C)CC/C=C(\C)CC1. The summed E-state index contributed by atoms with van der Waals surface area (Å²) in [7, 11) is 0. The van der Waals surface area contributed by atoms with Crippen LogP contribution in [0.2, 0.25) is 0 Å². The largest absolute Gasteiger partial charge is 0.392 e. The van der Waals surface area contributed by atoms with Crippen molar-refractivity contribution in [2.45, 2.75) is 46.0 Å². The van der Waals surface area contributed by atoms with Gasteiger partial charge in [0.15, 0.2) is 0 Å². The van der Waals surface area contributed by atoms with Gasteiger partial charge in [0.25, 0.3) is 0 Å². The maximum atomic E-state index is 9.17. The first kappa shape index (κ1) is 13.2. The number of hydrogen-bond donors (Lipinski definition) is 1. The predicted octanol–water partition coefficient (Wildman–Crippen LogP) is 4.01. The van der Waals surface area contributed by atoms with Crippen LogP contribution in [0.25, 0.3) is 0 Å². The number of aliphatic hydroxyl groups is 1. The lowest BCUT2D eigenvalue weighted by Crippen LogP contribution is -2.07. The fourth-order valence-corrected chi connectivity index (χ4v) is 2.11. The van der Waals surface area contributed by atoms with E-state index in [-0.39, 0.29) is 6.61 Å². The Morgan fingerprint density at radius 2 is 2.00 bits per heavy atom.